The van der Waals surface area contributed by atoms with E-state index in [-0.39, 0.29) is 22.7 Å². The molecular weight excluding hydrogens is 392 g/mol. The summed E-state index contributed by atoms with van der Waals surface area (Å²) in [6.45, 7) is 0.427. The van der Waals surface area contributed by atoms with E-state index in [1.807, 2.05) is 0 Å². The summed E-state index contributed by atoms with van der Waals surface area (Å²) < 4.78 is 54.6. The van der Waals surface area contributed by atoms with Crippen molar-refractivity contribution in [3.63, 3.8) is 0 Å². The molecule has 1 aliphatic rings. The second-order valence-corrected chi connectivity index (χ2v) is 7.57. The van der Waals surface area contributed by atoms with Gasteiger partial charge in [0.15, 0.2) is 12.3 Å². The van der Waals surface area contributed by atoms with Crippen molar-refractivity contribution in [3.05, 3.63) is 53.5 Å². The van der Waals surface area contributed by atoms with E-state index >= 15 is 0 Å². The smallest absolute Gasteiger partial charge is 0.422 e. The highest BCUT2D eigenvalue weighted by Gasteiger charge is 2.44. The number of quaternary nitrogens is 1. The predicted molar refractivity (Wildman–Crippen MR) is 97.7 cm³/mol. The van der Waals surface area contributed by atoms with Crippen LogP contribution < -0.4 is 9.22 Å². The quantitative estimate of drug-likeness (QED) is 0.602. The van der Waals surface area contributed by atoms with Crippen LogP contribution in [0.2, 0.25) is 0 Å². The fourth-order valence-electron chi connectivity index (χ4n) is 3.45. The fourth-order valence-corrected chi connectivity index (χ4v) is 3.45. The summed E-state index contributed by atoms with van der Waals surface area (Å²) in [5.41, 5.74) is 0.142. The van der Waals surface area contributed by atoms with Crippen LogP contribution in [-0.4, -0.2) is 42.4 Å². The molecule has 156 valence electrons. The first-order chi connectivity index (χ1) is 13.4. The molecule has 0 radical (unpaired) electrons. The van der Waals surface area contributed by atoms with Crippen molar-refractivity contribution >= 4 is 11.6 Å². The van der Waals surface area contributed by atoms with Gasteiger partial charge in [0.2, 0.25) is 5.88 Å². The summed E-state index contributed by atoms with van der Waals surface area (Å²) in [6, 6.07) is 6.68. The summed E-state index contributed by atoms with van der Waals surface area (Å²) in [5, 5.41) is 10.8. The zero-order valence-electron chi connectivity index (χ0n) is 16.0. The minimum Gasteiger partial charge on any atom is -0.468 e. The van der Waals surface area contributed by atoms with Gasteiger partial charge in [0.1, 0.15) is 5.82 Å². The summed E-state index contributed by atoms with van der Waals surface area (Å²) >= 11 is 0. The molecule has 3 rings (SSSR count). The van der Waals surface area contributed by atoms with E-state index in [4.69, 9.17) is 0 Å². The van der Waals surface area contributed by atoms with E-state index in [0.717, 1.165) is 0 Å². The monoisotopic (exact) mass is 413 g/mol. The SMILES string of the molecule is C[C@](O)(CC(=O)[N+]1(C)CCc2cc(OCC(F)(F)F)ncc21)c1ccc(F)cc1. The summed E-state index contributed by atoms with van der Waals surface area (Å²) in [5.74, 6) is -0.887. The Morgan fingerprint density at radius 2 is 1.93 bits per heavy atom. The first-order valence-corrected chi connectivity index (χ1v) is 8.97. The van der Waals surface area contributed by atoms with Crippen molar-refractivity contribution in [1.29, 1.82) is 0 Å². The van der Waals surface area contributed by atoms with Crippen molar-refractivity contribution in [3.8, 4) is 5.88 Å². The number of hydrogen-bond acceptors (Lipinski definition) is 4. The molecule has 0 saturated heterocycles. The Bertz CT molecular complexity index is 913. The number of likely N-dealkylation sites (N-methyl/N-ethyl adjacent to an activating group) is 1. The third-order valence-corrected chi connectivity index (χ3v) is 5.20. The third kappa shape index (κ3) is 4.56. The predicted octanol–water partition coefficient (Wildman–Crippen LogP) is 3.48. The van der Waals surface area contributed by atoms with Crippen LogP contribution in [0.4, 0.5) is 23.2 Å². The molecule has 1 aliphatic heterocycles. The molecule has 0 bridgehead atoms. The maximum absolute atomic E-state index is 13.1. The van der Waals surface area contributed by atoms with Gasteiger partial charge in [-0.25, -0.2) is 18.7 Å². The lowest BCUT2D eigenvalue weighted by Gasteiger charge is -2.31. The molecule has 1 N–H and O–H groups in total. The minimum atomic E-state index is -4.47. The van der Waals surface area contributed by atoms with Crippen LogP contribution in [0.25, 0.3) is 0 Å². The number of pyridine rings is 1. The number of hydrogen-bond donors (Lipinski definition) is 1. The maximum atomic E-state index is 13.1. The van der Waals surface area contributed by atoms with Crippen molar-refractivity contribution < 1.29 is 32.2 Å². The Morgan fingerprint density at radius 1 is 1.28 bits per heavy atom. The zero-order valence-corrected chi connectivity index (χ0v) is 16.0. The van der Waals surface area contributed by atoms with Gasteiger partial charge in [0, 0.05) is 18.1 Å². The number of nitrogens with zero attached hydrogens (tertiary/aromatic N) is 2. The lowest BCUT2D eigenvalue weighted by atomic mass is 9.91. The summed E-state index contributed by atoms with van der Waals surface area (Å²) in [6.07, 6.45) is -2.88. The Hall–Kier alpha value is -2.52. The van der Waals surface area contributed by atoms with Crippen molar-refractivity contribution in [1.82, 2.24) is 9.47 Å². The van der Waals surface area contributed by atoms with Crippen molar-refractivity contribution in [2.24, 2.45) is 0 Å². The van der Waals surface area contributed by atoms with Gasteiger partial charge in [-0.05, 0) is 24.6 Å². The number of rotatable bonds is 5. The molecule has 29 heavy (non-hydrogen) atoms. The van der Waals surface area contributed by atoms with E-state index in [0.29, 0.717) is 29.8 Å². The molecule has 1 amide bonds. The van der Waals surface area contributed by atoms with Crippen molar-refractivity contribution in [2.45, 2.75) is 31.5 Å². The van der Waals surface area contributed by atoms with E-state index in [1.54, 1.807) is 7.05 Å². The number of fused-ring (bicyclic) bond motifs is 1. The van der Waals surface area contributed by atoms with E-state index in [2.05, 4.69) is 9.72 Å². The highest BCUT2D eigenvalue weighted by Crippen LogP contribution is 2.37. The summed E-state index contributed by atoms with van der Waals surface area (Å²) in [4.78, 5) is 17.0. The number of halogens is 4. The number of aromatic nitrogens is 1. The number of aliphatic hydroxyl groups is 1. The van der Waals surface area contributed by atoms with Gasteiger partial charge < -0.3 is 9.84 Å². The first kappa shape index (κ1) is 21.2. The van der Waals surface area contributed by atoms with Gasteiger partial charge in [-0.3, -0.25) is 0 Å². The molecule has 1 unspecified atom stereocenters. The summed E-state index contributed by atoms with van der Waals surface area (Å²) in [7, 11) is 1.67. The average molecular weight is 413 g/mol. The standard InChI is InChI=1S/C20H21F4N2O3/c1-19(28,14-3-5-15(21)6-4-14)10-18(27)26(2)8-7-13-9-17(25-11-16(13)26)29-12-20(22,23)24/h3-6,9,11,28H,7-8,10,12H2,1-2H3/q+1/t19-,26?/m0/s1. The average Bonchev–Trinajstić information content (AvgIpc) is 2.97. The lowest BCUT2D eigenvalue weighted by molar-refractivity contribution is -0.154. The van der Waals surface area contributed by atoms with Gasteiger partial charge in [-0.1, -0.05) is 12.1 Å². The Morgan fingerprint density at radius 3 is 2.55 bits per heavy atom. The van der Waals surface area contributed by atoms with Crippen LogP contribution in [0.3, 0.4) is 0 Å². The zero-order chi connectivity index (χ0) is 21.4. The second kappa shape index (κ2) is 7.38. The second-order valence-electron chi connectivity index (χ2n) is 7.57. The highest BCUT2D eigenvalue weighted by atomic mass is 19.4. The lowest BCUT2D eigenvalue weighted by Crippen LogP contribution is -2.51. The molecule has 1 aromatic carbocycles. The largest absolute Gasteiger partial charge is 0.468 e. The van der Waals surface area contributed by atoms with Crippen LogP contribution in [0.15, 0.2) is 36.5 Å². The van der Waals surface area contributed by atoms with Crippen LogP contribution in [0, 0.1) is 5.82 Å². The first-order valence-electron chi connectivity index (χ1n) is 8.97. The minimum absolute atomic E-state index is 0.140. The number of benzene rings is 1. The number of ether oxygens (including phenoxy) is 1. The molecular formula is C20H21F4N2O3+. The van der Waals surface area contributed by atoms with E-state index < -0.39 is 24.2 Å². The van der Waals surface area contributed by atoms with E-state index in [1.165, 1.54) is 43.5 Å². The molecule has 2 aromatic rings. The molecule has 9 heteroatoms. The molecule has 0 spiro atoms. The molecule has 0 saturated carbocycles. The van der Waals surface area contributed by atoms with Crippen molar-refractivity contribution in [2.75, 3.05) is 20.2 Å². The van der Waals surface area contributed by atoms with Crippen LogP contribution >= 0.6 is 0 Å². The number of carbonyl (C=O) groups is 1. The van der Waals surface area contributed by atoms with Gasteiger partial charge >= 0.3 is 12.1 Å². The van der Waals surface area contributed by atoms with Gasteiger partial charge in [-0.2, -0.15) is 13.2 Å². The van der Waals surface area contributed by atoms with Crippen LogP contribution in [0.5, 0.6) is 5.88 Å². The number of alkyl halides is 3. The molecule has 2 heterocycles. The van der Waals surface area contributed by atoms with Gasteiger partial charge in [0.05, 0.1) is 31.8 Å². The van der Waals surface area contributed by atoms with E-state index in [9.17, 15) is 27.5 Å². The Kier molecular flexibility index (Phi) is 5.40. The molecule has 0 aliphatic carbocycles. The normalized spacial score (nSPS) is 20.8. The number of carbonyl (C=O) groups excluding carboxylic acids is 1. The molecule has 0 fully saturated rings. The van der Waals surface area contributed by atoms with Crippen LogP contribution in [-0.2, 0) is 16.8 Å². The van der Waals surface area contributed by atoms with Gasteiger partial charge in [-0.15, -0.1) is 0 Å². The Labute approximate surface area is 165 Å². The topological polar surface area (TPSA) is 59.4 Å². The maximum Gasteiger partial charge on any atom is 0.422 e. The Balaban J connectivity index is 1.78. The number of amides is 1. The third-order valence-electron chi connectivity index (χ3n) is 5.20. The highest BCUT2D eigenvalue weighted by molar-refractivity contribution is 5.90. The van der Waals surface area contributed by atoms with Crippen LogP contribution in [0.1, 0.15) is 24.5 Å². The van der Waals surface area contributed by atoms with Gasteiger partial charge in [0.25, 0.3) is 0 Å². The fraction of sp³-hybridized carbons (Fsp3) is 0.400. The molecule has 1 aromatic heterocycles. The molecule has 2 atom stereocenters. The molecule has 5 nitrogen and oxygen atoms in total.